The molecule has 1 unspecified atom stereocenters. The molecule has 0 saturated carbocycles. The summed E-state index contributed by atoms with van der Waals surface area (Å²) in [6.45, 7) is 3.58. The van der Waals surface area contributed by atoms with Gasteiger partial charge in [0.1, 0.15) is 0 Å². The van der Waals surface area contributed by atoms with Gasteiger partial charge in [-0.25, -0.2) is 0 Å². The first-order valence-corrected chi connectivity index (χ1v) is 6.11. The van der Waals surface area contributed by atoms with Crippen molar-refractivity contribution in [3.63, 3.8) is 0 Å². The van der Waals surface area contributed by atoms with Gasteiger partial charge in [0.2, 0.25) is 0 Å². The Bertz CT molecular complexity index is 488. The molecule has 1 heterocycles. The summed E-state index contributed by atoms with van der Waals surface area (Å²) in [7, 11) is 1.96. The van der Waals surface area contributed by atoms with Crippen LogP contribution >= 0.6 is 0 Å². The van der Waals surface area contributed by atoms with E-state index < -0.39 is 0 Å². The molecule has 3 nitrogen and oxygen atoms in total. The van der Waals surface area contributed by atoms with Gasteiger partial charge >= 0.3 is 0 Å². The lowest BCUT2D eigenvalue weighted by atomic mass is 10.1. The normalized spacial score (nSPS) is 13.1. The zero-order valence-corrected chi connectivity index (χ0v) is 10.5. The van der Waals surface area contributed by atoms with Crippen LogP contribution < -0.4 is 5.32 Å². The molecule has 0 fully saturated rings. The van der Waals surface area contributed by atoms with Crippen LogP contribution in [0.1, 0.15) is 18.9 Å². The first-order chi connectivity index (χ1) is 8.20. The summed E-state index contributed by atoms with van der Waals surface area (Å²) in [4.78, 5) is 0. The number of nitrogens with one attached hydrogen (secondary N) is 1. The van der Waals surface area contributed by atoms with Crippen molar-refractivity contribution in [1.29, 1.82) is 0 Å². The van der Waals surface area contributed by atoms with Gasteiger partial charge in [0.05, 0.1) is 6.10 Å². The molecule has 0 saturated heterocycles. The first-order valence-electron chi connectivity index (χ1n) is 6.11. The maximum absolute atomic E-state index is 9.34. The zero-order valence-electron chi connectivity index (χ0n) is 10.5. The molecule has 0 spiro atoms. The molecule has 0 bridgehead atoms. The lowest BCUT2D eigenvalue weighted by Crippen LogP contribution is -2.07. The highest BCUT2D eigenvalue weighted by Crippen LogP contribution is 2.18. The Kier molecular flexibility index (Phi) is 3.82. The van der Waals surface area contributed by atoms with Crippen LogP contribution in [0.4, 0.5) is 0 Å². The van der Waals surface area contributed by atoms with E-state index in [-0.39, 0.29) is 6.10 Å². The maximum Gasteiger partial charge on any atom is 0.0529 e. The number of fused-ring (bicyclic) bond motifs is 1. The second-order valence-electron chi connectivity index (χ2n) is 4.57. The molecule has 2 N–H and O–H groups in total. The van der Waals surface area contributed by atoms with Crippen molar-refractivity contribution < 1.29 is 5.11 Å². The quantitative estimate of drug-likeness (QED) is 0.828. The Balaban J connectivity index is 2.26. The molecular formula is C14H20N2O. The molecule has 0 amide bonds. The van der Waals surface area contributed by atoms with Gasteiger partial charge in [-0.3, -0.25) is 0 Å². The summed E-state index contributed by atoms with van der Waals surface area (Å²) in [5, 5.41) is 13.8. The third kappa shape index (κ3) is 2.87. The van der Waals surface area contributed by atoms with Gasteiger partial charge in [-0.05, 0) is 43.5 Å². The number of rotatable bonds is 5. The fraction of sp³-hybridized carbons (Fsp3) is 0.429. The highest BCUT2D eigenvalue weighted by Gasteiger charge is 2.03. The molecule has 1 aromatic heterocycles. The van der Waals surface area contributed by atoms with E-state index in [0.717, 1.165) is 19.5 Å². The predicted molar refractivity (Wildman–Crippen MR) is 71.0 cm³/mol. The molecule has 0 aliphatic carbocycles. The number of hydrogen-bond donors (Lipinski definition) is 2. The maximum atomic E-state index is 9.34. The van der Waals surface area contributed by atoms with Crippen molar-refractivity contribution in [3.8, 4) is 0 Å². The van der Waals surface area contributed by atoms with Crippen LogP contribution in [0, 0.1) is 0 Å². The summed E-state index contributed by atoms with van der Waals surface area (Å²) in [5.41, 5.74) is 2.54. The van der Waals surface area contributed by atoms with E-state index in [4.69, 9.17) is 0 Å². The van der Waals surface area contributed by atoms with Gasteiger partial charge in [0, 0.05) is 24.8 Å². The van der Waals surface area contributed by atoms with Crippen LogP contribution in [0.2, 0.25) is 0 Å². The molecular weight excluding hydrogens is 212 g/mol. The van der Waals surface area contributed by atoms with Gasteiger partial charge < -0.3 is 15.0 Å². The van der Waals surface area contributed by atoms with Gasteiger partial charge in [0.15, 0.2) is 0 Å². The summed E-state index contributed by atoms with van der Waals surface area (Å²) < 4.78 is 2.21. The number of aliphatic hydroxyl groups excluding tert-OH is 1. The average Bonchev–Trinajstić information content (AvgIpc) is 2.69. The van der Waals surface area contributed by atoms with Crippen LogP contribution in [-0.2, 0) is 13.1 Å². The number of aliphatic hydroxyl groups is 1. The number of hydrogen-bond acceptors (Lipinski definition) is 2. The predicted octanol–water partition coefficient (Wildman–Crippen LogP) is 2.13. The number of aromatic nitrogens is 1. The fourth-order valence-electron chi connectivity index (χ4n) is 2.06. The van der Waals surface area contributed by atoms with Crippen molar-refractivity contribution in [2.24, 2.45) is 0 Å². The molecule has 1 atom stereocenters. The first kappa shape index (κ1) is 12.1. The third-order valence-electron chi connectivity index (χ3n) is 3.01. The Morgan fingerprint density at radius 2 is 2.18 bits per heavy atom. The Morgan fingerprint density at radius 1 is 1.35 bits per heavy atom. The Morgan fingerprint density at radius 3 is 2.88 bits per heavy atom. The number of aryl methyl sites for hydroxylation is 1. The smallest absolute Gasteiger partial charge is 0.0529 e. The second kappa shape index (κ2) is 5.34. The highest BCUT2D eigenvalue weighted by molar-refractivity contribution is 5.80. The van der Waals surface area contributed by atoms with Crippen molar-refractivity contribution in [1.82, 2.24) is 9.88 Å². The van der Waals surface area contributed by atoms with Crippen molar-refractivity contribution >= 4 is 10.9 Å². The minimum Gasteiger partial charge on any atom is -0.393 e. The van der Waals surface area contributed by atoms with Crippen LogP contribution in [0.25, 0.3) is 10.9 Å². The lowest BCUT2D eigenvalue weighted by Gasteiger charge is -2.08. The summed E-state index contributed by atoms with van der Waals surface area (Å²) >= 11 is 0. The molecule has 1 aromatic carbocycles. The molecule has 3 heteroatoms. The molecule has 17 heavy (non-hydrogen) atoms. The molecule has 0 radical (unpaired) electrons. The molecule has 92 valence electrons. The highest BCUT2D eigenvalue weighted by atomic mass is 16.3. The monoisotopic (exact) mass is 232 g/mol. The van der Waals surface area contributed by atoms with Gasteiger partial charge in [-0.2, -0.15) is 0 Å². The molecule has 2 aromatic rings. The Hall–Kier alpha value is -1.32. The van der Waals surface area contributed by atoms with Crippen molar-refractivity contribution in [2.45, 2.75) is 32.5 Å². The van der Waals surface area contributed by atoms with E-state index >= 15 is 0 Å². The Labute approximate surface area is 102 Å². The van der Waals surface area contributed by atoms with Gasteiger partial charge in [0.25, 0.3) is 0 Å². The lowest BCUT2D eigenvalue weighted by molar-refractivity contribution is 0.178. The van der Waals surface area contributed by atoms with E-state index in [1.165, 1.54) is 16.5 Å². The molecule has 2 rings (SSSR count). The number of benzene rings is 1. The molecule has 0 aliphatic rings. The van der Waals surface area contributed by atoms with E-state index in [9.17, 15) is 5.11 Å². The van der Waals surface area contributed by atoms with Gasteiger partial charge in [-0.15, -0.1) is 0 Å². The van der Waals surface area contributed by atoms with Crippen molar-refractivity contribution in [2.75, 3.05) is 7.05 Å². The van der Waals surface area contributed by atoms with Crippen LogP contribution in [-0.4, -0.2) is 22.8 Å². The third-order valence-corrected chi connectivity index (χ3v) is 3.01. The standard InChI is InChI=1S/C14H20N2O/c1-11(17)5-7-16-8-6-13-4-3-12(10-15-2)9-14(13)16/h3-4,6,8-9,11,15,17H,5,7,10H2,1-2H3. The molecule has 0 aliphatic heterocycles. The summed E-state index contributed by atoms with van der Waals surface area (Å²) in [6, 6.07) is 8.65. The van der Waals surface area contributed by atoms with Gasteiger partial charge in [-0.1, -0.05) is 12.1 Å². The van der Waals surface area contributed by atoms with E-state index in [2.05, 4.69) is 40.3 Å². The topological polar surface area (TPSA) is 37.2 Å². The van der Waals surface area contributed by atoms with Crippen LogP contribution in [0.5, 0.6) is 0 Å². The van der Waals surface area contributed by atoms with Crippen LogP contribution in [0.3, 0.4) is 0 Å². The zero-order chi connectivity index (χ0) is 12.3. The average molecular weight is 232 g/mol. The van der Waals surface area contributed by atoms with Crippen molar-refractivity contribution in [3.05, 3.63) is 36.0 Å². The largest absolute Gasteiger partial charge is 0.393 e. The summed E-state index contributed by atoms with van der Waals surface area (Å²) in [5.74, 6) is 0. The van der Waals surface area contributed by atoms with E-state index in [1.807, 2.05) is 14.0 Å². The fourth-order valence-corrected chi connectivity index (χ4v) is 2.06. The van der Waals surface area contributed by atoms with E-state index in [0.29, 0.717) is 0 Å². The number of nitrogens with zero attached hydrogens (tertiary/aromatic N) is 1. The minimum absolute atomic E-state index is 0.243. The minimum atomic E-state index is -0.243. The second-order valence-corrected chi connectivity index (χ2v) is 4.57. The van der Waals surface area contributed by atoms with Crippen LogP contribution in [0.15, 0.2) is 30.5 Å². The van der Waals surface area contributed by atoms with E-state index in [1.54, 1.807) is 0 Å². The summed E-state index contributed by atoms with van der Waals surface area (Å²) in [6.07, 6.45) is 2.64. The SMILES string of the molecule is CNCc1ccc2ccn(CCC(C)O)c2c1.